The second-order valence-electron chi connectivity index (χ2n) is 5.25. The molecule has 0 amide bonds. The zero-order valence-corrected chi connectivity index (χ0v) is 15.3. The summed E-state index contributed by atoms with van der Waals surface area (Å²) in [5, 5.41) is 0. The maximum atomic E-state index is 12.3. The van der Waals surface area contributed by atoms with E-state index in [-0.39, 0.29) is 23.0 Å². The average molecular weight is 380 g/mol. The van der Waals surface area contributed by atoms with Crippen molar-refractivity contribution < 1.29 is 31.6 Å². The fraction of sp³-hybridized carbons (Fsp3) is 0.278. The molecule has 0 unspecified atom stereocenters. The van der Waals surface area contributed by atoms with Gasteiger partial charge < -0.3 is 18.4 Å². The zero-order chi connectivity index (χ0) is 19.0. The minimum Gasteiger partial charge on any atom is -0.491 e. The molecule has 0 atom stereocenters. The molecule has 0 saturated heterocycles. The molecule has 0 saturated carbocycles. The van der Waals surface area contributed by atoms with Gasteiger partial charge in [0.1, 0.15) is 23.0 Å². The normalized spacial score (nSPS) is 11.0. The molecule has 140 valence electrons. The Bertz CT molecular complexity index is 812. The van der Waals surface area contributed by atoms with E-state index in [0.29, 0.717) is 24.5 Å². The molecule has 0 aliphatic carbocycles. The summed E-state index contributed by atoms with van der Waals surface area (Å²) < 4.78 is 44.6. The first-order chi connectivity index (χ1) is 12.4. The lowest BCUT2D eigenvalue weighted by Gasteiger charge is -2.09. The Morgan fingerprint density at radius 2 is 1.50 bits per heavy atom. The SMILES string of the molecule is COCCOc1ccc(S(=O)(=O)Oc2ccc(CC(=O)OC)cc2)cc1. The van der Waals surface area contributed by atoms with Gasteiger partial charge in [-0.15, -0.1) is 0 Å². The summed E-state index contributed by atoms with van der Waals surface area (Å²) in [7, 11) is -1.09. The van der Waals surface area contributed by atoms with Gasteiger partial charge in [-0.3, -0.25) is 4.79 Å². The first kappa shape index (κ1) is 19.7. The van der Waals surface area contributed by atoms with Crippen molar-refractivity contribution in [2.45, 2.75) is 11.3 Å². The van der Waals surface area contributed by atoms with Crippen LogP contribution in [0.3, 0.4) is 0 Å². The monoisotopic (exact) mass is 380 g/mol. The summed E-state index contributed by atoms with van der Waals surface area (Å²) in [5.41, 5.74) is 0.694. The second kappa shape index (κ2) is 9.21. The van der Waals surface area contributed by atoms with Gasteiger partial charge in [-0.1, -0.05) is 12.1 Å². The van der Waals surface area contributed by atoms with Gasteiger partial charge >= 0.3 is 16.1 Å². The molecule has 0 aliphatic heterocycles. The first-order valence-corrected chi connectivity index (χ1v) is 9.17. The smallest absolute Gasteiger partial charge is 0.339 e. The third-order valence-electron chi connectivity index (χ3n) is 3.37. The molecule has 7 nitrogen and oxygen atoms in total. The Morgan fingerprint density at radius 3 is 2.08 bits per heavy atom. The number of hydrogen-bond donors (Lipinski definition) is 0. The third-order valence-corrected chi connectivity index (χ3v) is 4.64. The van der Waals surface area contributed by atoms with E-state index in [1.165, 1.54) is 31.4 Å². The number of benzene rings is 2. The fourth-order valence-corrected chi connectivity index (χ4v) is 2.95. The highest BCUT2D eigenvalue weighted by molar-refractivity contribution is 7.87. The van der Waals surface area contributed by atoms with Crippen LogP contribution >= 0.6 is 0 Å². The van der Waals surface area contributed by atoms with Crippen molar-refractivity contribution in [2.75, 3.05) is 27.4 Å². The van der Waals surface area contributed by atoms with E-state index in [0.717, 1.165) is 0 Å². The van der Waals surface area contributed by atoms with Crippen LogP contribution in [0.15, 0.2) is 53.4 Å². The van der Waals surface area contributed by atoms with E-state index in [1.807, 2.05) is 0 Å². The van der Waals surface area contributed by atoms with Crippen molar-refractivity contribution in [3.05, 3.63) is 54.1 Å². The van der Waals surface area contributed by atoms with E-state index in [1.54, 1.807) is 31.4 Å². The summed E-state index contributed by atoms with van der Waals surface area (Å²) in [5.74, 6) is 0.311. The van der Waals surface area contributed by atoms with Gasteiger partial charge in [0, 0.05) is 7.11 Å². The number of rotatable bonds is 9. The lowest BCUT2D eigenvalue weighted by atomic mass is 10.1. The summed E-state index contributed by atoms with van der Waals surface area (Å²) in [6.45, 7) is 0.812. The van der Waals surface area contributed by atoms with E-state index < -0.39 is 10.1 Å². The Labute approximate surface area is 152 Å². The number of carbonyl (C=O) groups excluding carboxylic acids is 1. The Morgan fingerprint density at radius 1 is 0.885 bits per heavy atom. The molecule has 0 heterocycles. The molecule has 8 heteroatoms. The molecule has 0 aromatic heterocycles. The maximum absolute atomic E-state index is 12.3. The van der Waals surface area contributed by atoms with Crippen LogP contribution in [-0.4, -0.2) is 41.8 Å². The van der Waals surface area contributed by atoms with Crippen molar-refractivity contribution in [3.8, 4) is 11.5 Å². The first-order valence-electron chi connectivity index (χ1n) is 7.76. The van der Waals surface area contributed by atoms with Gasteiger partial charge in [-0.2, -0.15) is 8.42 Å². The molecule has 26 heavy (non-hydrogen) atoms. The summed E-state index contributed by atoms with van der Waals surface area (Å²) in [4.78, 5) is 11.2. The molecule has 0 spiro atoms. The lowest BCUT2D eigenvalue weighted by molar-refractivity contribution is -0.139. The Balaban J connectivity index is 2.02. The Kier molecular flexibility index (Phi) is 6.99. The van der Waals surface area contributed by atoms with Crippen LogP contribution in [0, 0.1) is 0 Å². The highest BCUT2D eigenvalue weighted by Crippen LogP contribution is 2.21. The van der Waals surface area contributed by atoms with Gasteiger partial charge in [-0.05, 0) is 42.0 Å². The molecule has 0 fully saturated rings. The fourth-order valence-electron chi connectivity index (χ4n) is 2.02. The zero-order valence-electron chi connectivity index (χ0n) is 14.5. The van der Waals surface area contributed by atoms with Crippen LogP contribution in [0.1, 0.15) is 5.56 Å². The molecule has 0 radical (unpaired) electrons. The molecule has 2 rings (SSSR count). The van der Waals surface area contributed by atoms with Crippen LogP contribution in [-0.2, 0) is 30.8 Å². The predicted molar refractivity (Wildman–Crippen MR) is 93.8 cm³/mol. The number of carbonyl (C=O) groups is 1. The van der Waals surface area contributed by atoms with E-state index in [2.05, 4.69) is 4.74 Å². The van der Waals surface area contributed by atoms with Gasteiger partial charge in [0.2, 0.25) is 0 Å². The molecule has 0 aliphatic rings. The number of hydrogen-bond acceptors (Lipinski definition) is 7. The lowest BCUT2D eigenvalue weighted by Crippen LogP contribution is -2.10. The number of methoxy groups -OCH3 is 2. The topological polar surface area (TPSA) is 88.1 Å². The van der Waals surface area contributed by atoms with Crippen molar-refractivity contribution in [1.82, 2.24) is 0 Å². The Hall–Kier alpha value is -2.58. The molecular weight excluding hydrogens is 360 g/mol. The van der Waals surface area contributed by atoms with Crippen LogP contribution in [0.2, 0.25) is 0 Å². The summed E-state index contributed by atoms with van der Waals surface area (Å²) >= 11 is 0. The molecule has 2 aromatic rings. The highest BCUT2D eigenvalue weighted by atomic mass is 32.2. The predicted octanol–water partition coefficient (Wildman–Crippen LogP) is 2.20. The number of ether oxygens (including phenoxy) is 3. The van der Waals surface area contributed by atoms with E-state index >= 15 is 0 Å². The quantitative estimate of drug-likeness (QED) is 0.374. The van der Waals surface area contributed by atoms with Crippen molar-refractivity contribution >= 4 is 16.1 Å². The van der Waals surface area contributed by atoms with Crippen molar-refractivity contribution in [1.29, 1.82) is 0 Å². The van der Waals surface area contributed by atoms with E-state index in [4.69, 9.17) is 13.7 Å². The third kappa shape index (κ3) is 5.75. The second-order valence-corrected chi connectivity index (χ2v) is 6.79. The highest BCUT2D eigenvalue weighted by Gasteiger charge is 2.17. The molecule has 0 bridgehead atoms. The minimum atomic E-state index is -3.97. The largest absolute Gasteiger partial charge is 0.491 e. The van der Waals surface area contributed by atoms with Gasteiger partial charge in [0.05, 0.1) is 20.1 Å². The van der Waals surface area contributed by atoms with Gasteiger partial charge in [-0.25, -0.2) is 0 Å². The standard InChI is InChI=1S/C18H20O7S/c1-22-11-12-24-15-7-9-17(10-8-15)26(20,21)25-16-5-3-14(4-6-16)13-18(19)23-2/h3-10H,11-13H2,1-2H3. The average Bonchev–Trinajstić information content (AvgIpc) is 2.63. The molecular formula is C18H20O7S. The molecule has 2 aromatic carbocycles. The van der Waals surface area contributed by atoms with E-state index in [9.17, 15) is 13.2 Å². The van der Waals surface area contributed by atoms with Crippen molar-refractivity contribution in [3.63, 3.8) is 0 Å². The van der Waals surface area contributed by atoms with Crippen molar-refractivity contribution in [2.24, 2.45) is 0 Å². The van der Waals surface area contributed by atoms with Crippen LogP contribution in [0.4, 0.5) is 0 Å². The van der Waals surface area contributed by atoms with Crippen LogP contribution in [0.5, 0.6) is 11.5 Å². The minimum absolute atomic E-state index is 0.00947. The van der Waals surface area contributed by atoms with Crippen LogP contribution in [0.25, 0.3) is 0 Å². The summed E-state index contributed by atoms with van der Waals surface area (Å²) in [6, 6.07) is 12.1. The van der Waals surface area contributed by atoms with Gasteiger partial charge in [0.25, 0.3) is 0 Å². The molecule has 0 N–H and O–H groups in total. The van der Waals surface area contributed by atoms with Crippen LogP contribution < -0.4 is 8.92 Å². The maximum Gasteiger partial charge on any atom is 0.339 e. The number of esters is 1. The van der Waals surface area contributed by atoms with Gasteiger partial charge in [0.15, 0.2) is 0 Å². The summed E-state index contributed by atoms with van der Waals surface area (Å²) in [6.07, 6.45) is 0.105.